The molecule has 0 fully saturated rings. The fraction of sp³-hybridized carbons (Fsp3) is 0.143. The third-order valence-corrected chi connectivity index (χ3v) is 2.78. The van der Waals surface area contributed by atoms with Crippen LogP contribution in [-0.4, -0.2) is 0 Å². The Morgan fingerprint density at radius 3 is 2.11 bits per heavy atom. The summed E-state index contributed by atoms with van der Waals surface area (Å²) in [7, 11) is 0. The topological polar surface area (TPSA) is 26.0 Å². The van der Waals surface area contributed by atoms with Crippen LogP contribution in [0.15, 0.2) is 42.5 Å². The molecule has 5 heteroatoms. The van der Waals surface area contributed by atoms with Crippen LogP contribution >= 0.6 is 0 Å². The van der Waals surface area contributed by atoms with Crippen LogP contribution in [-0.2, 0) is 12.6 Å². The molecule has 19 heavy (non-hydrogen) atoms. The summed E-state index contributed by atoms with van der Waals surface area (Å²) in [5.74, 6) is -0.436. The van der Waals surface area contributed by atoms with Gasteiger partial charge in [-0.25, -0.2) is 4.39 Å². The second-order valence-corrected chi connectivity index (χ2v) is 4.21. The highest BCUT2D eigenvalue weighted by molar-refractivity contribution is 5.49. The Labute approximate surface area is 107 Å². The van der Waals surface area contributed by atoms with Gasteiger partial charge in [0.25, 0.3) is 0 Å². The van der Waals surface area contributed by atoms with Gasteiger partial charge in [-0.05, 0) is 41.8 Å². The van der Waals surface area contributed by atoms with Crippen molar-refractivity contribution < 1.29 is 17.6 Å². The molecule has 0 bridgehead atoms. The van der Waals surface area contributed by atoms with E-state index in [2.05, 4.69) is 0 Å². The van der Waals surface area contributed by atoms with Crippen molar-refractivity contribution in [2.75, 3.05) is 5.73 Å². The molecule has 0 saturated heterocycles. The van der Waals surface area contributed by atoms with Crippen LogP contribution in [0.2, 0.25) is 0 Å². The first-order chi connectivity index (χ1) is 8.86. The molecular formula is C14H11F4N. The zero-order valence-corrected chi connectivity index (χ0v) is 9.84. The maximum Gasteiger partial charge on any atom is 0.416 e. The number of halogens is 4. The monoisotopic (exact) mass is 269 g/mol. The SMILES string of the molecule is Nc1cc(F)ccc1Cc1ccc(C(F)(F)F)cc1. The quantitative estimate of drug-likeness (QED) is 0.646. The highest BCUT2D eigenvalue weighted by atomic mass is 19.4. The first-order valence-corrected chi connectivity index (χ1v) is 5.56. The van der Waals surface area contributed by atoms with E-state index in [0.717, 1.165) is 12.1 Å². The number of nitrogen functional groups attached to an aromatic ring is 1. The minimum atomic E-state index is -4.34. The van der Waals surface area contributed by atoms with Crippen molar-refractivity contribution in [3.63, 3.8) is 0 Å². The lowest BCUT2D eigenvalue weighted by Crippen LogP contribution is -2.04. The normalized spacial score (nSPS) is 11.6. The average Bonchev–Trinajstić information content (AvgIpc) is 2.32. The lowest BCUT2D eigenvalue weighted by Gasteiger charge is -2.09. The predicted octanol–water partition coefficient (Wildman–Crippen LogP) is 4.02. The summed E-state index contributed by atoms with van der Waals surface area (Å²) in [5.41, 5.74) is 6.62. The number of anilines is 1. The number of hydrogen-bond donors (Lipinski definition) is 1. The molecule has 0 heterocycles. The summed E-state index contributed by atoms with van der Waals surface area (Å²) in [6, 6.07) is 8.83. The number of rotatable bonds is 2. The predicted molar refractivity (Wildman–Crippen MR) is 65.1 cm³/mol. The second-order valence-electron chi connectivity index (χ2n) is 4.21. The summed E-state index contributed by atoms with van der Waals surface area (Å²) in [6.45, 7) is 0. The van der Waals surface area contributed by atoms with Crippen molar-refractivity contribution >= 4 is 5.69 Å². The maximum absolute atomic E-state index is 12.9. The molecule has 2 rings (SSSR count). The van der Waals surface area contributed by atoms with E-state index >= 15 is 0 Å². The molecule has 0 radical (unpaired) electrons. The van der Waals surface area contributed by atoms with Gasteiger partial charge in [-0.15, -0.1) is 0 Å². The molecule has 0 amide bonds. The summed E-state index contributed by atoms with van der Waals surface area (Å²) in [6.07, 6.45) is -3.97. The largest absolute Gasteiger partial charge is 0.416 e. The molecule has 100 valence electrons. The molecule has 0 atom stereocenters. The van der Waals surface area contributed by atoms with Gasteiger partial charge in [-0.1, -0.05) is 18.2 Å². The first-order valence-electron chi connectivity index (χ1n) is 5.56. The zero-order valence-electron chi connectivity index (χ0n) is 9.84. The zero-order chi connectivity index (χ0) is 14.0. The van der Waals surface area contributed by atoms with Gasteiger partial charge in [-0.3, -0.25) is 0 Å². The van der Waals surface area contributed by atoms with E-state index in [4.69, 9.17) is 5.73 Å². The number of benzene rings is 2. The van der Waals surface area contributed by atoms with Crippen LogP contribution < -0.4 is 5.73 Å². The Balaban J connectivity index is 2.20. The molecule has 2 aromatic rings. The summed E-state index contributed by atoms with van der Waals surface area (Å²) in [4.78, 5) is 0. The van der Waals surface area contributed by atoms with Crippen LogP contribution in [0.5, 0.6) is 0 Å². The highest BCUT2D eigenvalue weighted by Crippen LogP contribution is 2.29. The molecular weight excluding hydrogens is 258 g/mol. The van der Waals surface area contributed by atoms with Gasteiger partial charge >= 0.3 is 6.18 Å². The van der Waals surface area contributed by atoms with E-state index in [1.807, 2.05) is 0 Å². The molecule has 2 aromatic carbocycles. The Kier molecular flexibility index (Phi) is 3.46. The van der Waals surface area contributed by atoms with E-state index in [0.29, 0.717) is 23.2 Å². The number of hydrogen-bond acceptors (Lipinski definition) is 1. The Hall–Kier alpha value is -2.04. The van der Waals surface area contributed by atoms with Gasteiger partial charge in [-0.2, -0.15) is 13.2 Å². The van der Waals surface area contributed by atoms with Gasteiger partial charge in [0.05, 0.1) is 5.56 Å². The molecule has 0 aliphatic carbocycles. The van der Waals surface area contributed by atoms with E-state index in [1.165, 1.54) is 30.3 Å². The molecule has 0 unspecified atom stereocenters. The molecule has 2 N–H and O–H groups in total. The smallest absolute Gasteiger partial charge is 0.398 e. The lowest BCUT2D eigenvalue weighted by molar-refractivity contribution is -0.137. The van der Waals surface area contributed by atoms with Gasteiger partial charge in [0.1, 0.15) is 5.82 Å². The van der Waals surface area contributed by atoms with E-state index in [1.54, 1.807) is 0 Å². The Bertz CT molecular complexity index is 573. The Morgan fingerprint density at radius 2 is 1.58 bits per heavy atom. The van der Waals surface area contributed by atoms with Crippen molar-refractivity contribution in [3.05, 3.63) is 65.0 Å². The maximum atomic E-state index is 12.9. The molecule has 0 aromatic heterocycles. The van der Waals surface area contributed by atoms with E-state index < -0.39 is 17.6 Å². The molecule has 0 spiro atoms. The van der Waals surface area contributed by atoms with Crippen molar-refractivity contribution in [1.82, 2.24) is 0 Å². The van der Waals surface area contributed by atoms with Crippen LogP contribution in [0.1, 0.15) is 16.7 Å². The average molecular weight is 269 g/mol. The Morgan fingerprint density at radius 1 is 0.947 bits per heavy atom. The van der Waals surface area contributed by atoms with Gasteiger partial charge in [0.15, 0.2) is 0 Å². The summed E-state index contributed by atoms with van der Waals surface area (Å²) < 4.78 is 50.0. The second kappa shape index (κ2) is 4.91. The van der Waals surface area contributed by atoms with E-state index in [9.17, 15) is 17.6 Å². The summed E-state index contributed by atoms with van der Waals surface area (Å²) in [5, 5.41) is 0. The fourth-order valence-corrected chi connectivity index (χ4v) is 1.76. The van der Waals surface area contributed by atoms with Crippen LogP contribution in [0.25, 0.3) is 0 Å². The van der Waals surface area contributed by atoms with E-state index in [-0.39, 0.29) is 0 Å². The standard InChI is InChI=1S/C14H11F4N/c15-12-6-3-10(13(19)8-12)7-9-1-4-11(5-2-9)14(16,17)18/h1-6,8H,7,19H2. The van der Waals surface area contributed by atoms with Crippen molar-refractivity contribution in [1.29, 1.82) is 0 Å². The first kappa shape index (κ1) is 13.4. The number of nitrogens with two attached hydrogens (primary N) is 1. The van der Waals surface area contributed by atoms with Crippen molar-refractivity contribution in [3.8, 4) is 0 Å². The van der Waals surface area contributed by atoms with Gasteiger partial charge in [0, 0.05) is 5.69 Å². The highest BCUT2D eigenvalue weighted by Gasteiger charge is 2.29. The molecule has 0 aliphatic heterocycles. The van der Waals surface area contributed by atoms with Crippen LogP contribution in [0, 0.1) is 5.82 Å². The minimum absolute atomic E-state index is 0.292. The van der Waals surface area contributed by atoms with Crippen LogP contribution in [0.4, 0.5) is 23.2 Å². The minimum Gasteiger partial charge on any atom is -0.398 e. The van der Waals surface area contributed by atoms with Gasteiger partial charge in [0.2, 0.25) is 0 Å². The molecule has 1 nitrogen and oxygen atoms in total. The third-order valence-electron chi connectivity index (χ3n) is 2.78. The van der Waals surface area contributed by atoms with Gasteiger partial charge < -0.3 is 5.73 Å². The molecule has 0 aliphatic rings. The van der Waals surface area contributed by atoms with Crippen LogP contribution in [0.3, 0.4) is 0 Å². The van der Waals surface area contributed by atoms with Crippen molar-refractivity contribution in [2.45, 2.75) is 12.6 Å². The lowest BCUT2D eigenvalue weighted by atomic mass is 10.0. The summed E-state index contributed by atoms with van der Waals surface area (Å²) >= 11 is 0. The fourth-order valence-electron chi connectivity index (χ4n) is 1.76. The molecule has 0 saturated carbocycles. The number of alkyl halides is 3. The van der Waals surface area contributed by atoms with Crippen molar-refractivity contribution in [2.24, 2.45) is 0 Å². The third kappa shape index (κ3) is 3.24.